The first-order valence-corrected chi connectivity index (χ1v) is 5.75. The van der Waals surface area contributed by atoms with E-state index in [4.69, 9.17) is 0 Å². The van der Waals surface area contributed by atoms with Crippen molar-refractivity contribution < 1.29 is 9.50 Å². The zero-order chi connectivity index (χ0) is 12.5. The highest BCUT2D eigenvalue weighted by Gasteiger charge is 2.14. The third-order valence-corrected chi connectivity index (χ3v) is 3.09. The summed E-state index contributed by atoms with van der Waals surface area (Å²) in [6.07, 6.45) is 1.01. The standard InChI is InChI=1S/C15H12FNO/c16-11-4-1-3-10(9-11)15(18)13-5-2-6-14-12(13)7-8-17-14/h1-9,15,17-18H. The van der Waals surface area contributed by atoms with E-state index in [1.54, 1.807) is 12.1 Å². The monoisotopic (exact) mass is 241 g/mol. The first kappa shape index (κ1) is 11.0. The van der Waals surface area contributed by atoms with Crippen molar-refractivity contribution in [1.29, 1.82) is 0 Å². The van der Waals surface area contributed by atoms with Crippen molar-refractivity contribution in [2.75, 3.05) is 0 Å². The summed E-state index contributed by atoms with van der Waals surface area (Å²) in [7, 11) is 0. The van der Waals surface area contributed by atoms with Gasteiger partial charge in [-0.3, -0.25) is 0 Å². The Morgan fingerprint density at radius 3 is 2.72 bits per heavy atom. The van der Waals surface area contributed by atoms with Gasteiger partial charge in [-0.15, -0.1) is 0 Å². The molecular formula is C15H12FNO. The predicted octanol–water partition coefficient (Wildman–Crippen LogP) is 3.39. The Labute approximate surface area is 104 Å². The van der Waals surface area contributed by atoms with Gasteiger partial charge in [0.05, 0.1) is 0 Å². The minimum atomic E-state index is -0.819. The average molecular weight is 241 g/mol. The van der Waals surface area contributed by atoms with E-state index in [9.17, 15) is 9.50 Å². The van der Waals surface area contributed by atoms with Crippen LogP contribution in [0.25, 0.3) is 10.9 Å². The van der Waals surface area contributed by atoms with Crippen LogP contribution < -0.4 is 0 Å². The van der Waals surface area contributed by atoms with Crippen LogP contribution in [0, 0.1) is 5.82 Å². The summed E-state index contributed by atoms with van der Waals surface area (Å²) < 4.78 is 13.2. The van der Waals surface area contributed by atoms with Gasteiger partial charge in [0.2, 0.25) is 0 Å². The van der Waals surface area contributed by atoms with Gasteiger partial charge in [0, 0.05) is 17.1 Å². The van der Waals surface area contributed by atoms with Crippen molar-refractivity contribution >= 4 is 10.9 Å². The Bertz CT molecular complexity index is 690. The van der Waals surface area contributed by atoms with Crippen LogP contribution in [0.1, 0.15) is 17.2 Å². The fourth-order valence-electron chi connectivity index (χ4n) is 2.20. The van der Waals surface area contributed by atoms with Gasteiger partial charge in [-0.1, -0.05) is 24.3 Å². The molecule has 0 bridgehead atoms. The summed E-state index contributed by atoms with van der Waals surface area (Å²) in [4.78, 5) is 3.09. The van der Waals surface area contributed by atoms with Crippen LogP contribution in [-0.2, 0) is 0 Å². The van der Waals surface area contributed by atoms with Gasteiger partial charge in [0.1, 0.15) is 11.9 Å². The molecule has 3 aromatic rings. The Morgan fingerprint density at radius 1 is 1.06 bits per heavy atom. The first-order chi connectivity index (χ1) is 8.75. The molecule has 0 aliphatic carbocycles. The maximum absolute atomic E-state index is 13.2. The fourth-order valence-corrected chi connectivity index (χ4v) is 2.20. The van der Waals surface area contributed by atoms with Gasteiger partial charge in [-0.25, -0.2) is 4.39 Å². The van der Waals surface area contributed by atoms with Gasteiger partial charge in [0.15, 0.2) is 0 Å². The van der Waals surface area contributed by atoms with Crippen molar-refractivity contribution in [3.63, 3.8) is 0 Å². The molecule has 2 nitrogen and oxygen atoms in total. The number of nitrogens with one attached hydrogen (secondary N) is 1. The van der Waals surface area contributed by atoms with Crippen molar-refractivity contribution in [3.8, 4) is 0 Å². The molecule has 0 spiro atoms. The molecule has 3 heteroatoms. The fraction of sp³-hybridized carbons (Fsp3) is 0.0667. The highest BCUT2D eigenvalue weighted by atomic mass is 19.1. The van der Waals surface area contributed by atoms with Gasteiger partial charge in [0.25, 0.3) is 0 Å². The summed E-state index contributed by atoms with van der Waals surface area (Å²) in [6.45, 7) is 0. The third-order valence-electron chi connectivity index (χ3n) is 3.09. The van der Waals surface area contributed by atoms with E-state index < -0.39 is 6.10 Å². The Kier molecular flexibility index (Phi) is 2.61. The zero-order valence-corrected chi connectivity index (χ0v) is 9.60. The number of hydrogen-bond acceptors (Lipinski definition) is 1. The first-order valence-electron chi connectivity index (χ1n) is 5.75. The number of H-pyrrole nitrogens is 1. The molecule has 0 radical (unpaired) electrons. The molecule has 90 valence electrons. The molecule has 0 aliphatic rings. The maximum Gasteiger partial charge on any atom is 0.123 e. The van der Waals surface area contributed by atoms with E-state index in [2.05, 4.69) is 4.98 Å². The molecular weight excluding hydrogens is 229 g/mol. The number of fused-ring (bicyclic) bond motifs is 1. The van der Waals surface area contributed by atoms with Gasteiger partial charge < -0.3 is 10.1 Å². The smallest absolute Gasteiger partial charge is 0.123 e. The molecule has 3 rings (SSSR count). The van der Waals surface area contributed by atoms with Crippen LogP contribution in [0.2, 0.25) is 0 Å². The van der Waals surface area contributed by atoms with Gasteiger partial charge >= 0.3 is 0 Å². The van der Waals surface area contributed by atoms with E-state index in [-0.39, 0.29) is 5.82 Å². The number of hydrogen-bond donors (Lipinski definition) is 2. The van der Waals surface area contributed by atoms with Gasteiger partial charge in [-0.2, -0.15) is 0 Å². The number of aromatic nitrogens is 1. The minimum absolute atomic E-state index is 0.340. The van der Waals surface area contributed by atoms with Crippen molar-refractivity contribution in [1.82, 2.24) is 4.98 Å². The molecule has 0 saturated carbocycles. The Hall–Kier alpha value is -2.13. The Balaban J connectivity index is 2.12. The SMILES string of the molecule is OC(c1cccc(F)c1)c1cccc2[nH]ccc12. The van der Waals surface area contributed by atoms with Crippen LogP contribution in [0.3, 0.4) is 0 Å². The summed E-state index contributed by atoms with van der Waals surface area (Å²) >= 11 is 0. The molecule has 18 heavy (non-hydrogen) atoms. The van der Waals surface area contributed by atoms with E-state index in [0.717, 1.165) is 16.5 Å². The molecule has 1 atom stereocenters. The normalized spacial score (nSPS) is 12.8. The van der Waals surface area contributed by atoms with E-state index in [0.29, 0.717) is 5.56 Å². The third kappa shape index (κ3) is 1.79. The topological polar surface area (TPSA) is 36.0 Å². The number of aliphatic hydroxyl groups is 1. The lowest BCUT2D eigenvalue weighted by Gasteiger charge is -2.12. The second-order valence-corrected chi connectivity index (χ2v) is 4.24. The lowest BCUT2D eigenvalue weighted by molar-refractivity contribution is 0.221. The van der Waals surface area contributed by atoms with Crippen molar-refractivity contribution in [3.05, 3.63) is 71.7 Å². The van der Waals surface area contributed by atoms with E-state index in [1.807, 2.05) is 30.5 Å². The summed E-state index contributed by atoms with van der Waals surface area (Å²) in [5.74, 6) is -0.340. The molecule has 1 heterocycles. The number of aliphatic hydroxyl groups excluding tert-OH is 1. The summed E-state index contributed by atoms with van der Waals surface area (Å²) in [5, 5.41) is 11.3. The molecule has 2 N–H and O–H groups in total. The molecule has 1 unspecified atom stereocenters. The Morgan fingerprint density at radius 2 is 1.89 bits per heavy atom. The number of benzene rings is 2. The molecule has 1 aromatic heterocycles. The van der Waals surface area contributed by atoms with Gasteiger partial charge in [-0.05, 0) is 35.4 Å². The number of rotatable bonds is 2. The van der Waals surface area contributed by atoms with Crippen LogP contribution >= 0.6 is 0 Å². The van der Waals surface area contributed by atoms with Crippen molar-refractivity contribution in [2.24, 2.45) is 0 Å². The molecule has 0 saturated heterocycles. The second kappa shape index (κ2) is 4.27. The largest absolute Gasteiger partial charge is 0.384 e. The minimum Gasteiger partial charge on any atom is -0.384 e. The van der Waals surface area contributed by atoms with Crippen LogP contribution in [-0.4, -0.2) is 10.1 Å². The zero-order valence-electron chi connectivity index (χ0n) is 9.60. The lowest BCUT2D eigenvalue weighted by atomic mass is 9.98. The maximum atomic E-state index is 13.2. The van der Waals surface area contributed by atoms with Crippen LogP contribution in [0.4, 0.5) is 4.39 Å². The quantitative estimate of drug-likeness (QED) is 0.708. The number of aromatic amines is 1. The molecule has 0 aliphatic heterocycles. The van der Waals surface area contributed by atoms with E-state index in [1.165, 1.54) is 12.1 Å². The average Bonchev–Trinajstić information content (AvgIpc) is 2.86. The van der Waals surface area contributed by atoms with E-state index >= 15 is 0 Å². The molecule has 2 aromatic carbocycles. The van der Waals surface area contributed by atoms with Crippen LogP contribution in [0.15, 0.2) is 54.7 Å². The highest BCUT2D eigenvalue weighted by molar-refractivity contribution is 5.83. The summed E-state index contributed by atoms with van der Waals surface area (Å²) in [5.41, 5.74) is 2.30. The van der Waals surface area contributed by atoms with Crippen molar-refractivity contribution in [2.45, 2.75) is 6.10 Å². The highest BCUT2D eigenvalue weighted by Crippen LogP contribution is 2.28. The lowest BCUT2D eigenvalue weighted by Crippen LogP contribution is -2.00. The predicted molar refractivity (Wildman–Crippen MR) is 68.8 cm³/mol. The molecule has 0 amide bonds. The van der Waals surface area contributed by atoms with Crippen LogP contribution in [0.5, 0.6) is 0 Å². The summed E-state index contributed by atoms with van der Waals surface area (Å²) in [6, 6.07) is 13.6. The number of halogens is 1. The molecule has 0 fully saturated rings. The second-order valence-electron chi connectivity index (χ2n) is 4.24.